The zero-order valence-electron chi connectivity index (χ0n) is 9.49. The molecule has 1 aliphatic rings. The highest BCUT2D eigenvalue weighted by Gasteiger charge is 2.19. The maximum absolute atomic E-state index is 11.8. The number of hydrogen-bond acceptors (Lipinski definition) is 3. The van der Waals surface area contributed by atoms with Crippen LogP contribution in [0.5, 0.6) is 0 Å². The molecule has 5 nitrogen and oxygen atoms in total. The number of aryl methyl sites for hydroxylation is 2. The van der Waals surface area contributed by atoms with Gasteiger partial charge in [0.25, 0.3) is 5.91 Å². The number of hydrogen-bond donors (Lipinski definition) is 2. The molecule has 1 aromatic rings. The van der Waals surface area contributed by atoms with Crippen LogP contribution in [0.3, 0.4) is 0 Å². The van der Waals surface area contributed by atoms with Gasteiger partial charge >= 0.3 is 0 Å². The van der Waals surface area contributed by atoms with Crippen LogP contribution in [0.1, 0.15) is 22.6 Å². The standard InChI is InChI=1S/C10H16N4O.ClH/c1-7-5-9(13-14(7)2)10(15)12-8-3-4-11-6-8;/h5,8,11H,3-4,6H2,1-2H3,(H,12,15);1H. The molecule has 0 aliphatic carbocycles. The third-order valence-corrected chi connectivity index (χ3v) is 2.74. The Bertz CT molecular complexity index is 351. The second kappa shape index (κ2) is 5.32. The topological polar surface area (TPSA) is 59.0 Å². The summed E-state index contributed by atoms with van der Waals surface area (Å²) in [6.07, 6.45) is 0.998. The fourth-order valence-corrected chi connectivity index (χ4v) is 1.71. The summed E-state index contributed by atoms with van der Waals surface area (Å²) in [5.74, 6) is -0.0765. The van der Waals surface area contributed by atoms with E-state index in [1.165, 1.54) is 0 Å². The molecule has 1 unspecified atom stereocenters. The second-order valence-electron chi connectivity index (χ2n) is 3.96. The zero-order valence-corrected chi connectivity index (χ0v) is 10.3. The molecule has 0 radical (unpaired) electrons. The highest BCUT2D eigenvalue weighted by Crippen LogP contribution is 2.03. The van der Waals surface area contributed by atoms with Gasteiger partial charge in [0.1, 0.15) is 5.69 Å². The summed E-state index contributed by atoms with van der Waals surface area (Å²) >= 11 is 0. The molecule has 0 bridgehead atoms. The first kappa shape index (κ1) is 13.0. The van der Waals surface area contributed by atoms with Crippen LogP contribution in [-0.4, -0.2) is 34.8 Å². The Morgan fingerprint density at radius 1 is 1.69 bits per heavy atom. The highest BCUT2D eigenvalue weighted by molar-refractivity contribution is 5.92. The van der Waals surface area contributed by atoms with Crippen molar-refractivity contribution in [1.82, 2.24) is 20.4 Å². The van der Waals surface area contributed by atoms with E-state index in [9.17, 15) is 4.79 Å². The van der Waals surface area contributed by atoms with E-state index in [1.807, 2.05) is 14.0 Å². The lowest BCUT2D eigenvalue weighted by Crippen LogP contribution is -2.36. The molecule has 1 aliphatic heterocycles. The molecule has 1 aromatic heterocycles. The lowest BCUT2D eigenvalue weighted by molar-refractivity contribution is 0.0934. The second-order valence-corrected chi connectivity index (χ2v) is 3.96. The minimum atomic E-state index is -0.0765. The van der Waals surface area contributed by atoms with Crippen molar-refractivity contribution in [3.63, 3.8) is 0 Å². The Hall–Kier alpha value is -1.07. The van der Waals surface area contributed by atoms with Crippen LogP contribution < -0.4 is 10.6 Å². The van der Waals surface area contributed by atoms with Crippen molar-refractivity contribution in [2.45, 2.75) is 19.4 Å². The van der Waals surface area contributed by atoms with E-state index >= 15 is 0 Å². The molecule has 2 rings (SSSR count). The van der Waals surface area contributed by atoms with Gasteiger partial charge in [-0.2, -0.15) is 5.10 Å². The summed E-state index contributed by atoms with van der Waals surface area (Å²) in [5.41, 5.74) is 1.49. The molecule has 1 saturated heterocycles. The van der Waals surface area contributed by atoms with Gasteiger partial charge in [0.05, 0.1) is 0 Å². The molecule has 0 aromatic carbocycles. The summed E-state index contributed by atoms with van der Waals surface area (Å²) in [6.45, 7) is 3.77. The van der Waals surface area contributed by atoms with Crippen LogP contribution in [0.4, 0.5) is 0 Å². The monoisotopic (exact) mass is 244 g/mol. The van der Waals surface area contributed by atoms with E-state index in [-0.39, 0.29) is 24.4 Å². The number of carbonyl (C=O) groups is 1. The molecule has 6 heteroatoms. The lowest BCUT2D eigenvalue weighted by atomic mass is 10.2. The Balaban J connectivity index is 0.00000128. The Morgan fingerprint density at radius 2 is 2.44 bits per heavy atom. The molecule has 0 saturated carbocycles. The molecule has 2 heterocycles. The van der Waals surface area contributed by atoms with Crippen LogP contribution in [0.15, 0.2) is 6.07 Å². The fraction of sp³-hybridized carbons (Fsp3) is 0.600. The Kier molecular flexibility index (Phi) is 4.32. The molecule has 0 spiro atoms. The average Bonchev–Trinajstić information content (AvgIpc) is 2.78. The number of nitrogens with zero attached hydrogens (tertiary/aromatic N) is 2. The van der Waals surface area contributed by atoms with Gasteiger partial charge in [0, 0.05) is 25.3 Å². The molecule has 16 heavy (non-hydrogen) atoms. The molecule has 90 valence electrons. The third-order valence-electron chi connectivity index (χ3n) is 2.74. The van der Waals surface area contributed by atoms with Gasteiger partial charge in [-0.1, -0.05) is 0 Å². The first-order valence-electron chi connectivity index (χ1n) is 5.19. The van der Waals surface area contributed by atoms with Gasteiger partial charge in [-0.15, -0.1) is 12.4 Å². The van der Waals surface area contributed by atoms with Gasteiger partial charge in [-0.05, 0) is 26.0 Å². The minimum Gasteiger partial charge on any atom is -0.347 e. The van der Waals surface area contributed by atoms with E-state index in [0.29, 0.717) is 5.69 Å². The fourth-order valence-electron chi connectivity index (χ4n) is 1.71. The number of amides is 1. The molecule has 1 amide bonds. The Morgan fingerprint density at radius 3 is 2.94 bits per heavy atom. The smallest absolute Gasteiger partial charge is 0.272 e. The molecular weight excluding hydrogens is 228 g/mol. The van der Waals surface area contributed by atoms with Gasteiger partial charge in [-0.25, -0.2) is 0 Å². The first-order chi connectivity index (χ1) is 7.16. The molecule has 1 fully saturated rings. The minimum absolute atomic E-state index is 0. The van der Waals surface area contributed by atoms with E-state index in [1.54, 1.807) is 10.7 Å². The molecule has 1 atom stereocenters. The van der Waals surface area contributed by atoms with Crippen molar-refractivity contribution < 1.29 is 4.79 Å². The summed E-state index contributed by atoms with van der Waals surface area (Å²) in [6, 6.07) is 2.05. The number of carbonyl (C=O) groups excluding carboxylic acids is 1. The van der Waals surface area contributed by atoms with Gasteiger partial charge < -0.3 is 10.6 Å². The SMILES string of the molecule is Cc1cc(C(=O)NC2CCNC2)nn1C.Cl. The van der Waals surface area contributed by atoms with Crippen molar-refractivity contribution in [3.8, 4) is 0 Å². The summed E-state index contributed by atoms with van der Waals surface area (Å²) < 4.78 is 1.71. The molecule has 2 N–H and O–H groups in total. The maximum Gasteiger partial charge on any atom is 0.272 e. The van der Waals surface area contributed by atoms with Gasteiger partial charge in [-0.3, -0.25) is 9.48 Å². The first-order valence-corrected chi connectivity index (χ1v) is 5.19. The third kappa shape index (κ3) is 2.74. The number of nitrogens with one attached hydrogen (secondary N) is 2. The quantitative estimate of drug-likeness (QED) is 0.784. The van der Waals surface area contributed by atoms with Crippen molar-refractivity contribution in [3.05, 3.63) is 17.5 Å². The van der Waals surface area contributed by atoms with Crippen molar-refractivity contribution in [1.29, 1.82) is 0 Å². The average molecular weight is 245 g/mol. The van der Waals surface area contributed by atoms with Crippen molar-refractivity contribution in [2.75, 3.05) is 13.1 Å². The van der Waals surface area contributed by atoms with Gasteiger partial charge in [0.2, 0.25) is 0 Å². The summed E-state index contributed by atoms with van der Waals surface area (Å²) in [5, 5.41) is 10.3. The maximum atomic E-state index is 11.8. The van der Waals surface area contributed by atoms with Crippen molar-refractivity contribution >= 4 is 18.3 Å². The molecular formula is C10H17ClN4O. The number of rotatable bonds is 2. The van der Waals surface area contributed by atoms with E-state index in [0.717, 1.165) is 25.2 Å². The summed E-state index contributed by atoms with van der Waals surface area (Å²) in [4.78, 5) is 11.8. The van der Waals surface area contributed by atoms with Crippen LogP contribution in [0.25, 0.3) is 0 Å². The predicted molar refractivity (Wildman–Crippen MR) is 63.9 cm³/mol. The highest BCUT2D eigenvalue weighted by atomic mass is 35.5. The summed E-state index contributed by atoms with van der Waals surface area (Å²) in [7, 11) is 1.84. The normalized spacial score (nSPS) is 19.2. The number of aromatic nitrogens is 2. The van der Waals surface area contributed by atoms with Crippen LogP contribution in [0.2, 0.25) is 0 Å². The van der Waals surface area contributed by atoms with Crippen LogP contribution in [-0.2, 0) is 7.05 Å². The van der Waals surface area contributed by atoms with Crippen LogP contribution in [0, 0.1) is 6.92 Å². The van der Waals surface area contributed by atoms with E-state index in [2.05, 4.69) is 15.7 Å². The van der Waals surface area contributed by atoms with Crippen molar-refractivity contribution in [2.24, 2.45) is 7.05 Å². The Labute approximate surface area is 101 Å². The number of halogens is 1. The van der Waals surface area contributed by atoms with Gasteiger partial charge in [0.15, 0.2) is 0 Å². The predicted octanol–water partition coefficient (Wildman–Crippen LogP) is 0.242. The van der Waals surface area contributed by atoms with E-state index < -0.39 is 0 Å². The zero-order chi connectivity index (χ0) is 10.8. The van der Waals surface area contributed by atoms with E-state index in [4.69, 9.17) is 0 Å². The lowest BCUT2D eigenvalue weighted by Gasteiger charge is -2.09. The largest absolute Gasteiger partial charge is 0.347 e. The van der Waals surface area contributed by atoms with Crippen LogP contribution >= 0.6 is 12.4 Å².